The van der Waals surface area contributed by atoms with Gasteiger partial charge in [0, 0.05) is 5.56 Å². The van der Waals surface area contributed by atoms with Gasteiger partial charge in [0.15, 0.2) is 0 Å². The van der Waals surface area contributed by atoms with Crippen molar-refractivity contribution in [2.24, 2.45) is 0 Å². The van der Waals surface area contributed by atoms with Crippen LogP contribution in [0.15, 0.2) is 24.3 Å². The number of carbonyl (C=O) groups is 5. The van der Waals surface area contributed by atoms with Crippen LogP contribution in [0, 0.1) is 5.82 Å². The van der Waals surface area contributed by atoms with E-state index in [1.165, 1.54) is 12.1 Å². The maximum Gasteiger partial charge on any atom is 0.305 e. The molecule has 10 nitrogen and oxygen atoms in total. The maximum atomic E-state index is 13.1. The minimum atomic E-state index is -1.26. The van der Waals surface area contributed by atoms with Crippen LogP contribution in [0.1, 0.15) is 49.4 Å². The second-order valence-corrected chi connectivity index (χ2v) is 7.23. The second kappa shape index (κ2) is 13.9. The normalized spacial score (nSPS) is 13.3. The minimum Gasteiger partial charge on any atom is -0.481 e. The second-order valence-electron chi connectivity index (χ2n) is 7.23. The van der Waals surface area contributed by atoms with Crippen molar-refractivity contribution in [2.45, 2.75) is 57.2 Å². The van der Waals surface area contributed by atoms with E-state index in [2.05, 4.69) is 21.7 Å². The van der Waals surface area contributed by atoms with Crippen molar-refractivity contribution in [1.29, 1.82) is 0 Å². The molecule has 0 saturated heterocycles. The van der Waals surface area contributed by atoms with E-state index in [0.717, 1.165) is 12.1 Å². The lowest BCUT2D eigenvalue weighted by Gasteiger charge is -2.23. The zero-order valence-corrected chi connectivity index (χ0v) is 17.9. The summed E-state index contributed by atoms with van der Waals surface area (Å²) in [6.45, 7) is 2.31. The molecule has 0 fully saturated rings. The van der Waals surface area contributed by atoms with Gasteiger partial charge in [-0.1, -0.05) is 13.3 Å². The van der Waals surface area contributed by atoms with E-state index in [9.17, 15) is 28.4 Å². The molecule has 1 aromatic carbocycles. The molecule has 176 valence electrons. The van der Waals surface area contributed by atoms with Crippen molar-refractivity contribution in [1.82, 2.24) is 16.0 Å². The Hall–Kier alpha value is -3.34. The summed E-state index contributed by atoms with van der Waals surface area (Å²) < 4.78 is 13.1. The molecule has 0 radical (unpaired) electrons. The number of carboxylic acid groups (broad SMARTS) is 1. The molecule has 3 amide bonds. The van der Waals surface area contributed by atoms with Crippen LogP contribution >= 0.6 is 0 Å². The Balaban J connectivity index is 2.89. The first-order valence-corrected chi connectivity index (χ1v) is 10.3. The molecule has 32 heavy (non-hydrogen) atoms. The summed E-state index contributed by atoms with van der Waals surface area (Å²) in [5.74, 6) is -3.63. The number of rotatable bonds is 14. The molecule has 1 aromatic rings. The SMILES string of the molecule is CCCC(NC(=O)c1ccc(F)cc1)C(=O)NC(CCC[NH3+])C(=O)NC(C=O)CC(=O)O. The highest BCUT2D eigenvalue weighted by Gasteiger charge is 2.28. The van der Waals surface area contributed by atoms with Crippen LogP contribution in [0.2, 0.25) is 0 Å². The molecule has 0 bridgehead atoms. The van der Waals surface area contributed by atoms with Crippen molar-refractivity contribution in [3.63, 3.8) is 0 Å². The Bertz CT molecular complexity index is 802. The third kappa shape index (κ3) is 9.21. The Kier molecular flexibility index (Phi) is 11.6. The highest BCUT2D eigenvalue weighted by molar-refractivity contribution is 5.98. The Morgan fingerprint density at radius 3 is 2.16 bits per heavy atom. The summed E-state index contributed by atoms with van der Waals surface area (Å²) in [6.07, 6.45) is 1.28. The number of carbonyl (C=O) groups excluding carboxylic acids is 4. The Morgan fingerprint density at radius 1 is 1.03 bits per heavy atom. The van der Waals surface area contributed by atoms with Crippen molar-refractivity contribution < 1.29 is 39.2 Å². The number of aliphatic carboxylic acids is 1. The van der Waals surface area contributed by atoms with Gasteiger partial charge in [-0.05, 0) is 43.5 Å². The summed E-state index contributed by atoms with van der Waals surface area (Å²) in [7, 11) is 0. The topological polar surface area (TPSA) is 169 Å². The van der Waals surface area contributed by atoms with Gasteiger partial charge in [0.05, 0.1) is 19.0 Å². The monoisotopic (exact) mass is 453 g/mol. The zero-order chi connectivity index (χ0) is 24.1. The molecule has 7 N–H and O–H groups in total. The molecule has 0 spiro atoms. The average molecular weight is 453 g/mol. The molecule has 0 aromatic heterocycles. The van der Waals surface area contributed by atoms with Crippen LogP contribution in [0.25, 0.3) is 0 Å². The molecule has 3 atom stereocenters. The lowest BCUT2D eigenvalue weighted by molar-refractivity contribution is -0.368. The van der Waals surface area contributed by atoms with E-state index in [1.54, 1.807) is 0 Å². The van der Waals surface area contributed by atoms with Gasteiger partial charge in [-0.25, -0.2) is 4.39 Å². The summed E-state index contributed by atoms with van der Waals surface area (Å²) >= 11 is 0. The smallest absolute Gasteiger partial charge is 0.305 e. The van der Waals surface area contributed by atoms with Gasteiger partial charge in [-0.2, -0.15) is 0 Å². The van der Waals surface area contributed by atoms with Crippen LogP contribution in [-0.4, -0.2) is 59.8 Å². The van der Waals surface area contributed by atoms with Gasteiger partial charge < -0.3 is 31.6 Å². The van der Waals surface area contributed by atoms with Gasteiger partial charge in [0.2, 0.25) is 11.8 Å². The molecular weight excluding hydrogens is 423 g/mol. The first kappa shape index (κ1) is 26.7. The van der Waals surface area contributed by atoms with E-state index < -0.39 is 54.1 Å². The number of hydrogen-bond acceptors (Lipinski definition) is 5. The van der Waals surface area contributed by atoms with E-state index in [-0.39, 0.29) is 12.0 Å². The number of benzene rings is 1. The third-order valence-corrected chi connectivity index (χ3v) is 4.57. The van der Waals surface area contributed by atoms with Crippen LogP contribution < -0.4 is 21.7 Å². The van der Waals surface area contributed by atoms with Gasteiger partial charge in [0.1, 0.15) is 24.2 Å². The van der Waals surface area contributed by atoms with Crippen LogP contribution in [-0.2, 0) is 19.2 Å². The van der Waals surface area contributed by atoms with Gasteiger partial charge in [-0.3, -0.25) is 19.2 Å². The highest BCUT2D eigenvalue weighted by Crippen LogP contribution is 2.06. The summed E-state index contributed by atoms with van der Waals surface area (Å²) in [4.78, 5) is 59.7. The maximum absolute atomic E-state index is 13.1. The predicted molar refractivity (Wildman–Crippen MR) is 112 cm³/mol. The summed E-state index contributed by atoms with van der Waals surface area (Å²) in [5, 5.41) is 16.3. The number of carboxylic acids is 1. The van der Waals surface area contributed by atoms with E-state index in [1.807, 2.05) is 6.92 Å². The fraction of sp³-hybridized carbons (Fsp3) is 0.476. The molecular formula is C21H30FN4O6+. The minimum absolute atomic E-state index is 0.175. The van der Waals surface area contributed by atoms with E-state index >= 15 is 0 Å². The molecule has 0 aliphatic rings. The number of quaternary nitrogens is 1. The Labute approximate surface area is 185 Å². The average Bonchev–Trinajstić information content (AvgIpc) is 2.75. The molecule has 0 aliphatic carbocycles. The molecule has 0 saturated carbocycles. The van der Waals surface area contributed by atoms with Crippen LogP contribution in [0.5, 0.6) is 0 Å². The number of hydrogen-bond donors (Lipinski definition) is 5. The third-order valence-electron chi connectivity index (χ3n) is 4.57. The summed E-state index contributed by atoms with van der Waals surface area (Å²) in [6, 6.07) is 1.61. The van der Waals surface area contributed by atoms with Gasteiger partial charge in [0.25, 0.3) is 5.91 Å². The lowest BCUT2D eigenvalue weighted by Crippen LogP contribution is -2.56. The molecule has 11 heteroatoms. The standard InChI is InChI=1S/C21H29FN4O6/c1-2-4-16(25-19(30)13-6-8-14(22)9-7-13)21(32)26-17(5-3-10-23)20(31)24-15(12-27)11-18(28)29/h6-9,12,15-17H,2-5,10-11,23H2,1H3,(H,24,31)(H,25,30)(H,26,32)(H,28,29)/p+1. The fourth-order valence-corrected chi connectivity index (χ4v) is 2.89. The number of nitrogens with one attached hydrogen (secondary N) is 3. The van der Waals surface area contributed by atoms with Gasteiger partial charge in [-0.15, -0.1) is 0 Å². The van der Waals surface area contributed by atoms with Crippen molar-refractivity contribution in [3.8, 4) is 0 Å². The number of amides is 3. The first-order valence-electron chi connectivity index (χ1n) is 10.3. The molecule has 1 rings (SSSR count). The fourth-order valence-electron chi connectivity index (χ4n) is 2.89. The van der Waals surface area contributed by atoms with E-state index in [4.69, 9.17) is 5.11 Å². The number of halogens is 1. The van der Waals surface area contributed by atoms with Crippen molar-refractivity contribution >= 4 is 30.0 Å². The highest BCUT2D eigenvalue weighted by atomic mass is 19.1. The largest absolute Gasteiger partial charge is 0.481 e. The first-order chi connectivity index (χ1) is 15.2. The molecule has 0 aliphatic heterocycles. The predicted octanol–water partition coefficient (Wildman–Crippen LogP) is -0.610. The molecule has 0 heterocycles. The lowest BCUT2D eigenvalue weighted by atomic mass is 10.1. The van der Waals surface area contributed by atoms with Crippen LogP contribution in [0.3, 0.4) is 0 Å². The quantitative estimate of drug-likeness (QED) is 0.235. The zero-order valence-electron chi connectivity index (χ0n) is 17.9. The van der Waals surface area contributed by atoms with Crippen molar-refractivity contribution in [3.05, 3.63) is 35.6 Å². The number of aldehydes is 1. The van der Waals surface area contributed by atoms with Crippen molar-refractivity contribution in [2.75, 3.05) is 6.54 Å². The van der Waals surface area contributed by atoms with E-state index in [0.29, 0.717) is 32.1 Å². The summed E-state index contributed by atoms with van der Waals surface area (Å²) in [5.41, 5.74) is 3.87. The Morgan fingerprint density at radius 2 is 1.62 bits per heavy atom. The molecule has 3 unspecified atom stereocenters. The van der Waals surface area contributed by atoms with Crippen LogP contribution in [0.4, 0.5) is 4.39 Å². The van der Waals surface area contributed by atoms with Gasteiger partial charge >= 0.3 is 5.97 Å².